The van der Waals surface area contributed by atoms with Crippen LogP contribution in [0.2, 0.25) is 0 Å². The average molecular weight is 171 g/mol. The van der Waals surface area contributed by atoms with E-state index < -0.39 is 0 Å². The van der Waals surface area contributed by atoms with Crippen molar-refractivity contribution in [3.63, 3.8) is 0 Å². The fourth-order valence-electron chi connectivity index (χ4n) is 1.55. The Morgan fingerprint density at radius 3 is 2.83 bits per heavy atom. The third-order valence-corrected chi connectivity index (χ3v) is 2.20. The summed E-state index contributed by atoms with van der Waals surface area (Å²) in [7, 11) is 0. The molecule has 2 fully saturated rings. The smallest absolute Gasteiger partial charge is 0.275 e. The minimum atomic E-state index is -0.233. The Morgan fingerprint density at radius 1 is 1.33 bits per heavy atom. The fraction of sp³-hybridized carbons (Fsp3) is 0.875. The molecule has 0 bridgehead atoms. The van der Waals surface area contributed by atoms with E-state index in [1.54, 1.807) is 0 Å². The van der Waals surface area contributed by atoms with Crippen LogP contribution in [0.4, 0.5) is 0 Å². The Kier molecular flexibility index (Phi) is 2.28. The topological polar surface area (TPSA) is 38.8 Å². The number of rotatable bonds is 1. The van der Waals surface area contributed by atoms with Crippen molar-refractivity contribution in [1.82, 2.24) is 5.06 Å². The first-order valence-electron chi connectivity index (χ1n) is 4.44. The monoisotopic (exact) mass is 171 g/mol. The number of hydroxylamine groups is 2. The molecule has 12 heavy (non-hydrogen) atoms. The molecule has 4 nitrogen and oxygen atoms in total. The van der Waals surface area contributed by atoms with Gasteiger partial charge in [0.05, 0.1) is 13.2 Å². The number of hydrogen-bond acceptors (Lipinski definition) is 3. The number of carbonyl (C=O) groups excluding carboxylic acids is 1. The van der Waals surface area contributed by atoms with Gasteiger partial charge in [0.1, 0.15) is 6.10 Å². The Bertz CT molecular complexity index is 153. The first kappa shape index (κ1) is 8.01. The molecule has 0 N–H and O–H groups in total. The molecule has 2 heterocycles. The Morgan fingerprint density at radius 2 is 2.25 bits per heavy atom. The molecule has 0 spiro atoms. The van der Waals surface area contributed by atoms with Crippen molar-refractivity contribution in [3.8, 4) is 0 Å². The molecule has 0 aromatic rings. The maximum Gasteiger partial charge on any atom is 0.275 e. The normalized spacial score (nSPS) is 29.7. The van der Waals surface area contributed by atoms with Gasteiger partial charge in [0.2, 0.25) is 0 Å². The van der Waals surface area contributed by atoms with E-state index in [1.807, 2.05) is 0 Å². The predicted molar refractivity (Wildman–Crippen MR) is 41.3 cm³/mol. The number of ether oxygens (including phenoxy) is 1. The predicted octanol–water partition coefficient (Wildman–Crippen LogP) is 0.329. The van der Waals surface area contributed by atoms with Gasteiger partial charge < -0.3 is 4.74 Å². The van der Waals surface area contributed by atoms with E-state index in [0.29, 0.717) is 13.2 Å². The van der Waals surface area contributed by atoms with Gasteiger partial charge in [-0.25, -0.2) is 5.06 Å². The van der Waals surface area contributed by atoms with Crippen LogP contribution in [-0.2, 0) is 14.4 Å². The van der Waals surface area contributed by atoms with Gasteiger partial charge in [0, 0.05) is 6.61 Å². The zero-order valence-corrected chi connectivity index (χ0v) is 6.99. The molecule has 0 aliphatic carbocycles. The Labute approximate surface area is 71.4 Å². The summed E-state index contributed by atoms with van der Waals surface area (Å²) in [6.07, 6.45) is 2.55. The maximum atomic E-state index is 11.5. The summed E-state index contributed by atoms with van der Waals surface area (Å²) in [6, 6.07) is 0. The van der Waals surface area contributed by atoms with Crippen molar-refractivity contribution >= 4 is 5.91 Å². The summed E-state index contributed by atoms with van der Waals surface area (Å²) in [6.45, 7) is 2.10. The molecule has 0 unspecified atom stereocenters. The van der Waals surface area contributed by atoms with Gasteiger partial charge in [-0.3, -0.25) is 9.63 Å². The summed E-state index contributed by atoms with van der Waals surface area (Å²) in [5.41, 5.74) is 0. The second-order valence-electron chi connectivity index (χ2n) is 3.13. The molecule has 4 heteroatoms. The van der Waals surface area contributed by atoms with Gasteiger partial charge >= 0.3 is 0 Å². The summed E-state index contributed by atoms with van der Waals surface area (Å²) < 4.78 is 5.26. The summed E-state index contributed by atoms with van der Waals surface area (Å²) >= 11 is 0. The highest BCUT2D eigenvalue weighted by molar-refractivity contribution is 5.80. The summed E-state index contributed by atoms with van der Waals surface area (Å²) in [5, 5.41) is 1.44. The first-order valence-corrected chi connectivity index (χ1v) is 4.44. The average Bonchev–Trinajstić information content (AvgIpc) is 2.77. The lowest BCUT2D eigenvalue weighted by Gasteiger charge is -2.17. The standard InChI is InChI=1S/C8H13NO3/c10-8(7-3-1-5-11-7)9-4-2-6-12-9/h7H,1-6H2/t7-/m0/s1. The highest BCUT2D eigenvalue weighted by atomic mass is 16.7. The van der Waals surface area contributed by atoms with Crippen LogP contribution in [0.3, 0.4) is 0 Å². The SMILES string of the molecule is O=C([C@@H]1CCCO1)N1CCCO1. The van der Waals surface area contributed by atoms with E-state index in [1.165, 1.54) is 5.06 Å². The molecule has 2 saturated heterocycles. The third-order valence-electron chi connectivity index (χ3n) is 2.20. The molecule has 1 atom stereocenters. The van der Waals surface area contributed by atoms with Crippen LogP contribution in [0, 0.1) is 0 Å². The lowest BCUT2D eigenvalue weighted by Crippen LogP contribution is -2.35. The van der Waals surface area contributed by atoms with Gasteiger partial charge in [-0.2, -0.15) is 0 Å². The van der Waals surface area contributed by atoms with Gasteiger partial charge in [-0.05, 0) is 19.3 Å². The van der Waals surface area contributed by atoms with E-state index in [9.17, 15) is 4.79 Å². The van der Waals surface area contributed by atoms with Crippen LogP contribution in [0.25, 0.3) is 0 Å². The molecule has 68 valence electrons. The minimum Gasteiger partial charge on any atom is -0.368 e. The highest BCUT2D eigenvalue weighted by Gasteiger charge is 2.30. The van der Waals surface area contributed by atoms with Gasteiger partial charge in [0.15, 0.2) is 0 Å². The number of nitrogens with zero attached hydrogens (tertiary/aromatic N) is 1. The molecule has 2 aliphatic heterocycles. The van der Waals surface area contributed by atoms with Crippen molar-refractivity contribution in [1.29, 1.82) is 0 Å². The maximum absolute atomic E-state index is 11.5. The minimum absolute atomic E-state index is 0.00463. The molecule has 0 saturated carbocycles. The van der Waals surface area contributed by atoms with Crippen LogP contribution in [0.15, 0.2) is 0 Å². The fourth-order valence-corrected chi connectivity index (χ4v) is 1.55. The van der Waals surface area contributed by atoms with E-state index in [4.69, 9.17) is 9.57 Å². The van der Waals surface area contributed by atoms with Crippen molar-refractivity contribution in [2.24, 2.45) is 0 Å². The van der Waals surface area contributed by atoms with Crippen molar-refractivity contribution in [2.45, 2.75) is 25.4 Å². The van der Waals surface area contributed by atoms with E-state index >= 15 is 0 Å². The van der Waals surface area contributed by atoms with Crippen LogP contribution >= 0.6 is 0 Å². The van der Waals surface area contributed by atoms with Gasteiger partial charge in [-0.1, -0.05) is 0 Å². The van der Waals surface area contributed by atoms with E-state index in [-0.39, 0.29) is 12.0 Å². The summed E-state index contributed by atoms with van der Waals surface area (Å²) in [4.78, 5) is 16.7. The second-order valence-corrected chi connectivity index (χ2v) is 3.13. The van der Waals surface area contributed by atoms with Gasteiger partial charge in [-0.15, -0.1) is 0 Å². The number of carbonyl (C=O) groups is 1. The largest absolute Gasteiger partial charge is 0.368 e. The Hall–Kier alpha value is -0.610. The summed E-state index contributed by atoms with van der Waals surface area (Å²) in [5.74, 6) is 0.00463. The Balaban J connectivity index is 1.89. The zero-order chi connectivity index (χ0) is 8.39. The van der Waals surface area contributed by atoms with Crippen molar-refractivity contribution in [3.05, 3.63) is 0 Å². The second kappa shape index (κ2) is 3.41. The lowest BCUT2D eigenvalue weighted by atomic mass is 10.2. The van der Waals surface area contributed by atoms with Crippen molar-refractivity contribution < 1.29 is 14.4 Å². The molecule has 2 aliphatic rings. The molecule has 0 radical (unpaired) electrons. The first-order chi connectivity index (χ1) is 5.88. The lowest BCUT2D eigenvalue weighted by molar-refractivity contribution is -0.178. The van der Waals surface area contributed by atoms with E-state index in [2.05, 4.69) is 0 Å². The third kappa shape index (κ3) is 1.44. The van der Waals surface area contributed by atoms with Crippen LogP contribution < -0.4 is 0 Å². The quantitative estimate of drug-likeness (QED) is 0.570. The molecule has 0 aromatic heterocycles. The molecule has 1 amide bonds. The zero-order valence-electron chi connectivity index (χ0n) is 6.99. The molecular weight excluding hydrogens is 158 g/mol. The van der Waals surface area contributed by atoms with Crippen LogP contribution in [-0.4, -0.2) is 36.8 Å². The van der Waals surface area contributed by atoms with Crippen LogP contribution in [0.5, 0.6) is 0 Å². The number of amides is 1. The van der Waals surface area contributed by atoms with Crippen molar-refractivity contribution in [2.75, 3.05) is 19.8 Å². The highest BCUT2D eigenvalue weighted by Crippen LogP contribution is 2.16. The van der Waals surface area contributed by atoms with E-state index in [0.717, 1.165) is 25.8 Å². The van der Waals surface area contributed by atoms with Gasteiger partial charge in [0.25, 0.3) is 5.91 Å². The molecule has 2 rings (SSSR count). The molecular formula is C8H13NO3. The molecule has 0 aromatic carbocycles. The van der Waals surface area contributed by atoms with Crippen LogP contribution in [0.1, 0.15) is 19.3 Å². The number of hydrogen-bond donors (Lipinski definition) is 0.